The van der Waals surface area contributed by atoms with Gasteiger partial charge in [-0.15, -0.1) is 0 Å². The van der Waals surface area contributed by atoms with Gasteiger partial charge in [0.2, 0.25) is 10.0 Å². The number of likely N-dealkylation sites (tertiary alicyclic amines) is 1. The standard InChI is InChI=1S/C23H28N2O6S/c1-16-9-11-25(12-10-16)23(26)19-13-18(7-8-20(19)29-2)32(27,28)24-14-17-15-30-21-5-3-4-6-22(21)31-17/h3-8,13,16-17,24H,9-12,14-15H2,1-2H3/t17-/m0/s1. The Labute approximate surface area is 188 Å². The lowest BCUT2D eigenvalue weighted by molar-refractivity contribution is 0.0693. The van der Waals surface area contributed by atoms with Crippen molar-refractivity contribution >= 4 is 15.9 Å². The monoisotopic (exact) mass is 460 g/mol. The van der Waals surface area contributed by atoms with E-state index in [-0.39, 0.29) is 29.5 Å². The number of nitrogens with one attached hydrogen (secondary N) is 1. The number of sulfonamides is 1. The van der Waals surface area contributed by atoms with Crippen LogP contribution in [0.4, 0.5) is 0 Å². The van der Waals surface area contributed by atoms with Gasteiger partial charge >= 0.3 is 0 Å². The summed E-state index contributed by atoms with van der Waals surface area (Å²) in [6.07, 6.45) is 1.40. The van der Waals surface area contributed by atoms with Crippen LogP contribution in [0, 0.1) is 5.92 Å². The first-order valence-corrected chi connectivity index (χ1v) is 12.2. The van der Waals surface area contributed by atoms with Crippen molar-refractivity contribution < 1.29 is 27.4 Å². The van der Waals surface area contributed by atoms with Gasteiger partial charge in [0.1, 0.15) is 18.5 Å². The van der Waals surface area contributed by atoms with Gasteiger partial charge in [-0.1, -0.05) is 19.1 Å². The highest BCUT2D eigenvalue weighted by Gasteiger charge is 2.27. The molecular formula is C23H28N2O6S. The summed E-state index contributed by atoms with van der Waals surface area (Å²) in [6, 6.07) is 11.6. The second kappa shape index (κ2) is 9.38. The summed E-state index contributed by atoms with van der Waals surface area (Å²) < 4.78 is 45.2. The molecule has 0 radical (unpaired) electrons. The van der Waals surface area contributed by atoms with E-state index in [0.717, 1.165) is 12.8 Å². The molecule has 2 heterocycles. The first-order valence-electron chi connectivity index (χ1n) is 10.7. The van der Waals surface area contributed by atoms with E-state index < -0.39 is 16.1 Å². The Morgan fingerprint density at radius 2 is 1.88 bits per heavy atom. The van der Waals surface area contributed by atoms with Crippen LogP contribution in [0.2, 0.25) is 0 Å². The highest BCUT2D eigenvalue weighted by atomic mass is 32.2. The first-order chi connectivity index (χ1) is 15.4. The van der Waals surface area contributed by atoms with Crippen molar-refractivity contribution in [3.63, 3.8) is 0 Å². The Morgan fingerprint density at radius 3 is 2.59 bits per heavy atom. The normalized spacial score (nSPS) is 18.9. The van der Waals surface area contributed by atoms with Gasteiger partial charge in [0.15, 0.2) is 11.5 Å². The summed E-state index contributed by atoms with van der Waals surface area (Å²) >= 11 is 0. The topological polar surface area (TPSA) is 94.2 Å². The van der Waals surface area contributed by atoms with E-state index in [4.69, 9.17) is 14.2 Å². The molecule has 2 aliphatic rings. The number of benzene rings is 2. The molecule has 1 atom stereocenters. The van der Waals surface area contributed by atoms with Crippen LogP contribution in [0.25, 0.3) is 0 Å². The van der Waals surface area contributed by atoms with Crippen LogP contribution in [0.1, 0.15) is 30.1 Å². The summed E-state index contributed by atoms with van der Waals surface area (Å²) in [4.78, 5) is 14.8. The number of carbonyl (C=O) groups is 1. The number of fused-ring (bicyclic) bond motifs is 1. The van der Waals surface area contributed by atoms with Crippen LogP contribution in [-0.4, -0.2) is 58.7 Å². The maximum absolute atomic E-state index is 13.1. The van der Waals surface area contributed by atoms with E-state index in [9.17, 15) is 13.2 Å². The van der Waals surface area contributed by atoms with Crippen LogP contribution >= 0.6 is 0 Å². The van der Waals surface area contributed by atoms with Gasteiger partial charge in [-0.3, -0.25) is 4.79 Å². The molecule has 2 aliphatic heterocycles. The Kier molecular flexibility index (Phi) is 6.57. The smallest absolute Gasteiger partial charge is 0.257 e. The fourth-order valence-electron chi connectivity index (χ4n) is 3.85. The zero-order valence-electron chi connectivity index (χ0n) is 18.2. The molecule has 0 bridgehead atoms. The largest absolute Gasteiger partial charge is 0.496 e. The molecule has 8 nitrogen and oxygen atoms in total. The molecule has 1 fully saturated rings. The van der Waals surface area contributed by atoms with Crippen LogP contribution in [0.3, 0.4) is 0 Å². The highest BCUT2D eigenvalue weighted by Crippen LogP contribution is 2.31. The molecular weight excluding hydrogens is 432 g/mol. The van der Waals surface area contributed by atoms with Crippen molar-refractivity contribution in [1.29, 1.82) is 0 Å². The average molecular weight is 461 g/mol. The van der Waals surface area contributed by atoms with Crippen LogP contribution in [-0.2, 0) is 10.0 Å². The van der Waals surface area contributed by atoms with Gasteiger partial charge in [0.25, 0.3) is 5.91 Å². The van der Waals surface area contributed by atoms with Crippen LogP contribution < -0.4 is 18.9 Å². The number of carbonyl (C=O) groups excluding carboxylic acids is 1. The van der Waals surface area contributed by atoms with Gasteiger partial charge < -0.3 is 19.1 Å². The Hall–Kier alpha value is -2.78. The number of rotatable bonds is 6. The minimum Gasteiger partial charge on any atom is -0.496 e. The van der Waals surface area contributed by atoms with E-state index in [2.05, 4.69) is 11.6 Å². The molecule has 0 saturated carbocycles. The van der Waals surface area contributed by atoms with E-state index in [1.807, 2.05) is 12.1 Å². The van der Waals surface area contributed by atoms with E-state index in [0.29, 0.717) is 36.3 Å². The second-order valence-electron chi connectivity index (χ2n) is 8.19. The summed E-state index contributed by atoms with van der Waals surface area (Å²) in [7, 11) is -2.40. The van der Waals surface area contributed by atoms with Gasteiger partial charge in [-0.2, -0.15) is 0 Å². The first kappa shape index (κ1) is 22.4. The number of para-hydroxylation sites is 2. The van der Waals surface area contributed by atoms with Gasteiger partial charge in [0, 0.05) is 13.1 Å². The molecule has 0 aromatic heterocycles. The summed E-state index contributed by atoms with van der Waals surface area (Å²) in [6.45, 7) is 3.74. The molecule has 0 spiro atoms. The van der Waals surface area contributed by atoms with Crippen molar-refractivity contribution in [3.8, 4) is 17.2 Å². The quantitative estimate of drug-likeness (QED) is 0.712. The molecule has 2 aromatic rings. The van der Waals surface area contributed by atoms with Gasteiger partial charge in [0.05, 0.1) is 24.1 Å². The van der Waals surface area contributed by atoms with Crippen molar-refractivity contribution in [3.05, 3.63) is 48.0 Å². The zero-order valence-corrected chi connectivity index (χ0v) is 19.1. The number of hydrogen-bond donors (Lipinski definition) is 1. The molecule has 4 rings (SSSR count). The molecule has 2 aromatic carbocycles. The minimum atomic E-state index is -3.87. The summed E-state index contributed by atoms with van der Waals surface area (Å²) in [5.74, 6) is 1.93. The third-order valence-corrected chi connectivity index (χ3v) is 7.27. The maximum Gasteiger partial charge on any atom is 0.257 e. The Balaban J connectivity index is 1.47. The third-order valence-electron chi connectivity index (χ3n) is 5.85. The molecule has 9 heteroatoms. The molecule has 172 valence electrons. The summed E-state index contributed by atoms with van der Waals surface area (Å²) in [5.41, 5.74) is 0.246. The van der Waals surface area contributed by atoms with Gasteiger partial charge in [-0.25, -0.2) is 13.1 Å². The number of amides is 1. The highest BCUT2D eigenvalue weighted by molar-refractivity contribution is 7.89. The molecule has 32 heavy (non-hydrogen) atoms. The molecule has 0 aliphatic carbocycles. The lowest BCUT2D eigenvalue weighted by atomic mass is 9.98. The van der Waals surface area contributed by atoms with E-state index in [1.54, 1.807) is 17.0 Å². The SMILES string of the molecule is COc1ccc(S(=O)(=O)NC[C@H]2COc3ccccc3O2)cc1C(=O)N1CCC(C)CC1. The van der Waals surface area contributed by atoms with E-state index in [1.165, 1.54) is 25.3 Å². The van der Waals surface area contributed by atoms with Crippen molar-refractivity contribution in [2.75, 3.05) is 33.4 Å². The lowest BCUT2D eigenvalue weighted by Crippen LogP contribution is -2.41. The number of hydrogen-bond acceptors (Lipinski definition) is 6. The maximum atomic E-state index is 13.1. The van der Waals surface area contributed by atoms with Gasteiger partial charge in [-0.05, 0) is 49.1 Å². The van der Waals surface area contributed by atoms with Crippen LogP contribution in [0.5, 0.6) is 17.2 Å². The predicted molar refractivity (Wildman–Crippen MR) is 119 cm³/mol. The number of ether oxygens (including phenoxy) is 3. The molecule has 1 saturated heterocycles. The predicted octanol–water partition coefficient (Wildman–Crippen LogP) is 2.69. The van der Waals surface area contributed by atoms with Crippen molar-refractivity contribution in [2.24, 2.45) is 5.92 Å². The van der Waals surface area contributed by atoms with Crippen LogP contribution in [0.15, 0.2) is 47.4 Å². The van der Waals surface area contributed by atoms with Crippen molar-refractivity contribution in [2.45, 2.75) is 30.8 Å². The third kappa shape index (κ3) is 4.83. The molecule has 1 N–H and O–H groups in total. The lowest BCUT2D eigenvalue weighted by Gasteiger charge is -2.30. The molecule has 0 unspecified atom stereocenters. The second-order valence-corrected chi connectivity index (χ2v) is 9.95. The number of piperidine rings is 1. The average Bonchev–Trinajstić information content (AvgIpc) is 2.82. The summed E-state index contributed by atoms with van der Waals surface area (Å²) in [5, 5.41) is 0. The fourth-order valence-corrected chi connectivity index (χ4v) is 4.95. The number of methoxy groups -OCH3 is 1. The van der Waals surface area contributed by atoms with Crippen molar-refractivity contribution in [1.82, 2.24) is 9.62 Å². The molecule has 1 amide bonds. The Bertz CT molecular complexity index is 1080. The Morgan fingerprint density at radius 1 is 1.16 bits per heavy atom. The zero-order chi connectivity index (χ0) is 22.7. The number of nitrogens with zero attached hydrogens (tertiary/aromatic N) is 1. The van der Waals surface area contributed by atoms with E-state index >= 15 is 0 Å². The minimum absolute atomic E-state index is 0.00385. The fraction of sp³-hybridized carbons (Fsp3) is 0.435.